The summed E-state index contributed by atoms with van der Waals surface area (Å²) in [5.41, 5.74) is 18.5. The van der Waals surface area contributed by atoms with Crippen LogP contribution in [0.1, 0.15) is 0 Å². The minimum atomic E-state index is 1.07. The summed E-state index contributed by atoms with van der Waals surface area (Å²) in [7, 11) is 0. The topological polar surface area (TPSA) is 8.17 Å². The monoisotopic (exact) mass is 790 g/mol. The molecule has 0 saturated carbocycles. The molecule has 2 nitrogen and oxygen atoms in total. The van der Waals surface area contributed by atoms with Gasteiger partial charge in [-0.2, -0.15) is 0 Å². The van der Waals surface area contributed by atoms with Gasteiger partial charge in [-0.3, -0.25) is 0 Å². The molecule has 1 heterocycles. The van der Waals surface area contributed by atoms with Crippen molar-refractivity contribution in [1.29, 1.82) is 0 Å². The van der Waals surface area contributed by atoms with Crippen molar-refractivity contribution >= 4 is 38.9 Å². The number of hydrogen-bond acceptors (Lipinski definition) is 1. The van der Waals surface area contributed by atoms with E-state index >= 15 is 0 Å². The van der Waals surface area contributed by atoms with Crippen LogP contribution >= 0.6 is 0 Å². The van der Waals surface area contributed by atoms with E-state index in [1.165, 1.54) is 60.8 Å². The molecule has 62 heavy (non-hydrogen) atoms. The van der Waals surface area contributed by atoms with E-state index in [4.69, 9.17) is 0 Å². The second-order valence-corrected chi connectivity index (χ2v) is 15.7. The fourth-order valence-electron chi connectivity index (χ4n) is 9.20. The molecule has 0 bridgehead atoms. The predicted octanol–water partition coefficient (Wildman–Crippen LogP) is 16.6. The normalized spacial score (nSPS) is 11.2. The molecule has 0 aliphatic carbocycles. The van der Waals surface area contributed by atoms with Crippen molar-refractivity contribution in [2.75, 3.05) is 4.90 Å². The van der Waals surface area contributed by atoms with Crippen molar-refractivity contribution in [3.63, 3.8) is 0 Å². The summed E-state index contributed by atoms with van der Waals surface area (Å²) in [5.74, 6) is 0. The second kappa shape index (κ2) is 16.1. The average molecular weight is 791 g/mol. The molecule has 11 aromatic rings. The Kier molecular flexibility index (Phi) is 9.57. The number of hydrogen-bond donors (Lipinski definition) is 0. The molecular formula is C60H42N2. The number of aromatic nitrogens is 1. The summed E-state index contributed by atoms with van der Waals surface area (Å²) in [5, 5.41) is 2.42. The molecule has 0 unspecified atom stereocenters. The number of fused-ring (bicyclic) bond motifs is 3. The standard InChI is InChI=1S/C60H42N2/c1-6-20-43(21-7-1)44-36-38-49(39-37-44)61(56-34-18-31-51(45-22-8-2-9-23-45)59(56)47-26-12-4-13-27-47)50-40-41-54-53-30-16-17-33-55(53)62(58(54)42-50)57-35-19-32-52(46-24-10-3-11-25-46)60(57)48-28-14-5-15-29-48/h1-42H. The molecule has 292 valence electrons. The third kappa shape index (κ3) is 6.65. The summed E-state index contributed by atoms with van der Waals surface area (Å²) in [4.78, 5) is 2.45. The van der Waals surface area contributed by atoms with Gasteiger partial charge in [-0.15, -0.1) is 0 Å². The lowest BCUT2D eigenvalue weighted by Gasteiger charge is -2.29. The Hall–Kier alpha value is -8.20. The first kappa shape index (κ1) is 36.8. The molecule has 10 aromatic carbocycles. The van der Waals surface area contributed by atoms with Crippen LogP contribution in [-0.4, -0.2) is 4.57 Å². The number of para-hydroxylation sites is 1. The second-order valence-electron chi connectivity index (χ2n) is 15.7. The number of anilines is 3. The van der Waals surface area contributed by atoms with Crippen LogP contribution in [-0.2, 0) is 0 Å². The molecule has 0 saturated heterocycles. The molecular weight excluding hydrogens is 749 g/mol. The Morgan fingerprint density at radius 1 is 0.274 bits per heavy atom. The van der Waals surface area contributed by atoms with E-state index in [1.807, 2.05) is 0 Å². The third-order valence-corrected chi connectivity index (χ3v) is 12.0. The highest BCUT2D eigenvalue weighted by atomic mass is 15.1. The lowest BCUT2D eigenvalue weighted by atomic mass is 9.92. The van der Waals surface area contributed by atoms with Gasteiger partial charge < -0.3 is 9.47 Å². The molecule has 0 N–H and O–H groups in total. The zero-order chi connectivity index (χ0) is 41.2. The molecule has 1 aromatic heterocycles. The summed E-state index contributed by atoms with van der Waals surface area (Å²) in [6.07, 6.45) is 0. The van der Waals surface area contributed by atoms with Gasteiger partial charge in [0, 0.05) is 33.3 Å². The van der Waals surface area contributed by atoms with Crippen LogP contribution in [0.15, 0.2) is 255 Å². The van der Waals surface area contributed by atoms with Gasteiger partial charge in [-0.05, 0) is 87.0 Å². The van der Waals surface area contributed by atoms with Gasteiger partial charge in [-0.1, -0.05) is 212 Å². The van der Waals surface area contributed by atoms with E-state index in [2.05, 4.69) is 264 Å². The quantitative estimate of drug-likeness (QED) is 0.141. The molecule has 0 aliphatic heterocycles. The van der Waals surface area contributed by atoms with Crippen LogP contribution in [0.2, 0.25) is 0 Å². The van der Waals surface area contributed by atoms with Gasteiger partial charge >= 0.3 is 0 Å². The fraction of sp³-hybridized carbons (Fsp3) is 0. The third-order valence-electron chi connectivity index (χ3n) is 12.0. The van der Waals surface area contributed by atoms with Gasteiger partial charge in [-0.25, -0.2) is 0 Å². The van der Waals surface area contributed by atoms with E-state index in [1.54, 1.807) is 0 Å². The fourth-order valence-corrected chi connectivity index (χ4v) is 9.20. The first-order valence-corrected chi connectivity index (χ1v) is 21.3. The SMILES string of the molecule is c1ccc(-c2ccc(N(c3ccc4c5ccccc5n(-c5cccc(-c6ccccc6)c5-c5ccccc5)c4c3)c3cccc(-c4ccccc4)c3-c3ccccc3)cc2)cc1. The van der Waals surface area contributed by atoms with Gasteiger partial charge in [0.2, 0.25) is 0 Å². The zero-order valence-electron chi connectivity index (χ0n) is 34.1. The maximum absolute atomic E-state index is 2.48. The van der Waals surface area contributed by atoms with Crippen molar-refractivity contribution in [3.8, 4) is 61.3 Å². The van der Waals surface area contributed by atoms with E-state index < -0.39 is 0 Å². The molecule has 0 atom stereocenters. The molecule has 11 rings (SSSR count). The molecule has 0 spiro atoms. The smallest absolute Gasteiger partial charge is 0.0562 e. The Morgan fingerprint density at radius 3 is 1.34 bits per heavy atom. The van der Waals surface area contributed by atoms with Crippen LogP contribution in [0.4, 0.5) is 17.1 Å². The van der Waals surface area contributed by atoms with Crippen LogP contribution in [0, 0.1) is 0 Å². The Morgan fingerprint density at radius 2 is 0.726 bits per heavy atom. The molecule has 0 amide bonds. The molecule has 0 aliphatic rings. The Balaban J connectivity index is 1.20. The first-order chi connectivity index (χ1) is 30.8. The van der Waals surface area contributed by atoms with Crippen LogP contribution in [0.5, 0.6) is 0 Å². The number of benzene rings is 10. The van der Waals surface area contributed by atoms with Gasteiger partial charge in [0.15, 0.2) is 0 Å². The summed E-state index contributed by atoms with van der Waals surface area (Å²) >= 11 is 0. The van der Waals surface area contributed by atoms with Crippen LogP contribution < -0.4 is 4.90 Å². The highest BCUT2D eigenvalue weighted by Gasteiger charge is 2.24. The first-order valence-electron chi connectivity index (χ1n) is 21.3. The minimum absolute atomic E-state index is 1.07. The van der Waals surface area contributed by atoms with E-state index in [9.17, 15) is 0 Å². The van der Waals surface area contributed by atoms with Crippen molar-refractivity contribution in [1.82, 2.24) is 4.57 Å². The summed E-state index contributed by atoms with van der Waals surface area (Å²) in [6, 6.07) is 92.2. The van der Waals surface area contributed by atoms with Gasteiger partial charge in [0.1, 0.15) is 0 Å². The maximum atomic E-state index is 2.48. The van der Waals surface area contributed by atoms with Crippen molar-refractivity contribution in [3.05, 3.63) is 255 Å². The lowest BCUT2D eigenvalue weighted by Crippen LogP contribution is -2.12. The largest absolute Gasteiger partial charge is 0.310 e. The van der Waals surface area contributed by atoms with Crippen molar-refractivity contribution < 1.29 is 0 Å². The van der Waals surface area contributed by atoms with Crippen LogP contribution in [0.25, 0.3) is 83.1 Å². The van der Waals surface area contributed by atoms with E-state index in [0.29, 0.717) is 0 Å². The molecule has 0 radical (unpaired) electrons. The minimum Gasteiger partial charge on any atom is -0.310 e. The van der Waals surface area contributed by atoms with Gasteiger partial charge in [0.25, 0.3) is 0 Å². The highest BCUT2D eigenvalue weighted by molar-refractivity contribution is 6.11. The Labute approximate surface area is 362 Å². The molecule has 2 heteroatoms. The van der Waals surface area contributed by atoms with Crippen LogP contribution in [0.3, 0.4) is 0 Å². The van der Waals surface area contributed by atoms with E-state index in [-0.39, 0.29) is 0 Å². The highest BCUT2D eigenvalue weighted by Crippen LogP contribution is 2.48. The van der Waals surface area contributed by atoms with Gasteiger partial charge in [0.05, 0.1) is 22.4 Å². The lowest BCUT2D eigenvalue weighted by molar-refractivity contribution is 1.18. The molecule has 0 fully saturated rings. The average Bonchev–Trinajstić information content (AvgIpc) is 3.69. The van der Waals surface area contributed by atoms with Crippen molar-refractivity contribution in [2.45, 2.75) is 0 Å². The zero-order valence-corrected chi connectivity index (χ0v) is 34.1. The predicted molar refractivity (Wildman–Crippen MR) is 263 cm³/mol. The number of nitrogens with zero attached hydrogens (tertiary/aromatic N) is 2. The van der Waals surface area contributed by atoms with E-state index in [0.717, 1.165) is 39.3 Å². The number of rotatable bonds is 9. The van der Waals surface area contributed by atoms with Crippen molar-refractivity contribution in [2.24, 2.45) is 0 Å². The summed E-state index contributed by atoms with van der Waals surface area (Å²) in [6.45, 7) is 0. The Bertz CT molecular complexity index is 3300. The summed E-state index contributed by atoms with van der Waals surface area (Å²) < 4.78 is 2.48. The maximum Gasteiger partial charge on any atom is 0.0562 e.